The molecule has 5 atom stereocenters. The molecule has 5 nitrogen and oxygen atoms in total. The van der Waals surface area contributed by atoms with Gasteiger partial charge in [-0.3, -0.25) is 14.2 Å². The molecule has 2 heterocycles. The Labute approximate surface area is 215 Å². The van der Waals surface area contributed by atoms with Crippen LogP contribution in [0.15, 0.2) is 62.8 Å². The Morgan fingerprint density at radius 1 is 1.18 bits per heavy atom. The van der Waals surface area contributed by atoms with E-state index in [0.717, 1.165) is 26.0 Å². The highest BCUT2D eigenvalue weighted by Gasteiger charge is 2.55. The third-order valence-electron chi connectivity index (χ3n) is 7.57. The average Bonchev–Trinajstić information content (AvgIpc) is 3.52. The number of halogens is 1. The smallest absolute Gasteiger partial charge is 0.308 e. The second-order valence-electron chi connectivity index (χ2n) is 9.43. The van der Waals surface area contributed by atoms with Gasteiger partial charge in [0, 0.05) is 26.2 Å². The van der Waals surface area contributed by atoms with E-state index < -0.39 is 0 Å². The number of fused-ring (bicyclic) bond motifs is 6. The van der Waals surface area contributed by atoms with Crippen LogP contribution in [0.1, 0.15) is 35.6 Å². The second kappa shape index (κ2) is 8.88. The minimum atomic E-state index is -0.192. The van der Waals surface area contributed by atoms with Crippen molar-refractivity contribution in [1.29, 1.82) is 0 Å². The lowest BCUT2D eigenvalue weighted by molar-refractivity contribution is -0.116. The van der Waals surface area contributed by atoms with E-state index in [-0.39, 0.29) is 23.2 Å². The first-order chi connectivity index (χ1) is 16.5. The molecular formula is C26H25BrN2O3S2. The first kappa shape index (κ1) is 22.4. The molecule has 0 radical (unpaired) electrons. The van der Waals surface area contributed by atoms with Crippen LogP contribution in [0.2, 0.25) is 0 Å². The highest BCUT2D eigenvalue weighted by Crippen LogP contribution is 2.64. The standard InChI is InChI=1S/C26H25BrN2O3S2/c1-32-19-9-7-18(8-10-19)28-20(30)13-29-25-24(34-26(29)31)22(14-3-2-4-17(27)12-14)21-15-5-6-16(11-15)23(21)33-25/h2-4,7-10,12,15-16,21-23H,5-6,11,13H2,1H3,(H,28,30)/t15?,16?,21?,22-,23?/m1/s1. The Morgan fingerprint density at radius 3 is 2.74 bits per heavy atom. The fraction of sp³-hybridized carbons (Fsp3) is 0.385. The van der Waals surface area contributed by atoms with Gasteiger partial charge in [0.25, 0.3) is 0 Å². The lowest BCUT2D eigenvalue weighted by Gasteiger charge is -2.40. The molecule has 3 aliphatic rings. The lowest BCUT2D eigenvalue weighted by Crippen LogP contribution is -2.34. The minimum absolute atomic E-state index is 0.0282. The van der Waals surface area contributed by atoms with E-state index >= 15 is 0 Å². The van der Waals surface area contributed by atoms with Gasteiger partial charge in [0.15, 0.2) is 0 Å². The number of anilines is 1. The van der Waals surface area contributed by atoms with E-state index in [4.69, 9.17) is 4.74 Å². The first-order valence-corrected chi connectivity index (χ1v) is 14.1. The molecule has 4 unspecified atom stereocenters. The third kappa shape index (κ3) is 3.84. The molecule has 1 amide bonds. The minimum Gasteiger partial charge on any atom is -0.497 e. The monoisotopic (exact) mass is 556 g/mol. The Bertz CT molecular complexity index is 1300. The summed E-state index contributed by atoms with van der Waals surface area (Å²) in [6, 6.07) is 15.8. The summed E-state index contributed by atoms with van der Waals surface area (Å²) in [4.78, 5) is 27.2. The van der Waals surface area contributed by atoms with Gasteiger partial charge in [-0.05, 0) is 79.0 Å². The summed E-state index contributed by atoms with van der Waals surface area (Å²) >= 11 is 6.83. The summed E-state index contributed by atoms with van der Waals surface area (Å²) in [6.07, 6.45) is 3.88. The average molecular weight is 558 g/mol. The van der Waals surface area contributed by atoms with Crippen molar-refractivity contribution in [2.24, 2.45) is 17.8 Å². The molecule has 3 aromatic rings. The van der Waals surface area contributed by atoms with Crippen LogP contribution in [0, 0.1) is 17.8 Å². The number of nitrogens with one attached hydrogen (secondary N) is 1. The Hall–Kier alpha value is -2.03. The van der Waals surface area contributed by atoms with Gasteiger partial charge in [-0.1, -0.05) is 39.4 Å². The van der Waals surface area contributed by atoms with Gasteiger partial charge in [-0.15, -0.1) is 11.8 Å². The van der Waals surface area contributed by atoms with Crippen LogP contribution in [-0.4, -0.2) is 22.8 Å². The number of hydrogen-bond donors (Lipinski definition) is 1. The summed E-state index contributed by atoms with van der Waals surface area (Å²) in [7, 11) is 1.61. The fourth-order valence-corrected chi connectivity index (χ4v) is 9.75. The van der Waals surface area contributed by atoms with Crippen molar-refractivity contribution in [2.75, 3.05) is 12.4 Å². The molecule has 1 aromatic heterocycles. The number of amides is 1. The number of aromatic nitrogens is 1. The molecule has 1 aliphatic heterocycles. The normalized spacial score (nSPS) is 26.7. The fourth-order valence-electron chi connectivity index (χ4n) is 6.18. The zero-order valence-electron chi connectivity index (χ0n) is 18.7. The number of benzene rings is 2. The SMILES string of the molecule is COc1ccc(NC(=O)Cn2c3c(sc2=O)[C@H](c2cccc(Br)c2)C2C4CCC(C4)C2S3)cc1. The number of nitrogens with zero attached hydrogens (tertiary/aromatic N) is 1. The molecule has 2 bridgehead atoms. The van der Waals surface area contributed by atoms with E-state index in [0.29, 0.717) is 22.8 Å². The molecule has 0 spiro atoms. The van der Waals surface area contributed by atoms with Crippen molar-refractivity contribution in [3.63, 3.8) is 0 Å². The summed E-state index contributed by atoms with van der Waals surface area (Å²) in [5.41, 5.74) is 1.96. The number of thioether (sulfide) groups is 1. The first-order valence-electron chi connectivity index (χ1n) is 11.6. The van der Waals surface area contributed by atoms with Crippen LogP contribution < -0.4 is 14.9 Å². The van der Waals surface area contributed by atoms with Gasteiger partial charge in [-0.2, -0.15) is 0 Å². The summed E-state index contributed by atoms with van der Waals surface area (Å²) in [5, 5.41) is 4.44. The van der Waals surface area contributed by atoms with Crippen LogP contribution in [0.5, 0.6) is 5.75 Å². The number of ether oxygens (including phenoxy) is 1. The number of thiazole rings is 1. The van der Waals surface area contributed by atoms with Crippen LogP contribution in [0.4, 0.5) is 5.69 Å². The van der Waals surface area contributed by atoms with Crippen molar-refractivity contribution in [1.82, 2.24) is 4.57 Å². The summed E-state index contributed by atoms with van der Waals surface area (Å²) in [5.74, 6) is 2.75. The van der Waals surface area contributed by atoms with Crippen molar-refractivity contribution in [3.05, 3.63) is 73.1 Å². The van der Waals surface area contributed by atoms with E-state index in [1.807, 2.05) is 23.9 Å². The number of rotatable bonds is 5. The number of hydrogen-bond acceptors (Lipinski definition) is 5. The maximum absolute atomic E-state index is 13.2. The summed E-state index contributed by atoms with van der Waals surface area (Å²) < 4.78 is 7.95. The van der Waals surface area contributed by atoms with Gasteiger partial charge in [0.1, 0.15) is 12.3 Å². The molecule has 8 heteroatoms. The largest absolute Gasteiger partial charge is 0.497 e. The van der Waals surface area contributed by atoms with E-state index in [2.05, 4.69) is 45.5 Å². The predicted octanol–water partition coefficient (Wildman–Crippen LogP) is 5.97. The second-order valence-corrected chi connectivity index (χ2v) is 12.5. The Morgan fingerprint density at radius 2 is 1.97 bits per heavy atom. The zero-order chi connectivity index (χ0) is 23.4. The Kier molecular flexibility index (Phi) is 5.86. The maximum atomic E-state index is 13.2. The topological polar surface area (TPSA) is 60.3 Å². The third-order valence-corrected chi connectivity index (χ3v) is 10.9. The van der Waals surface area contributed by atoms with Gasteiger partial charge in [0.05, 0.1) is 12.1 Å². The Balaban J connectivity index is 1.34. The lowest BCUT2D eigenvalue weighted by atomic mass is 9.75. The van der Waals surface area contributed by atoms with Crippen LogP contribution in [0.25, 0.3) is 0 Å². The van der Waals surface area contributed by atoms with Crippen molar-refractivity contribution in [3.8, 4) is 5.75 Å². The molecule has 176 valence electrons. The van der Waals surface area contributed by atoms with Gasteiger partial charge in [-0.25, -0.2) is 0 Å². The van der Waals surface area contributed by atoms with Gasteiger partial charge in [0.2, 0.25) is 5.91 Å². The van der Waals surface area contributed by atoms with Gasteiger partial charge >= 0.3 is 4.87 Å². The maximum Gasteiger partial charge on any atom is 0.308 e. The molecule has 2 aromatic carbocycles. The number of carbonyl (C=O) groups excluding carboxylic acids is 1. The molecule has 34 heavy (non-hydrogen) atoms. The molecule has 2 aliphatic carbocycles. The van der Waals surface area contributed by atoms with Crippen molar-refractivity contribution < 1.29 is 9.53 Å². The van der Waals surface area contributed by atoms with Crippen molar-refractivity contribution >= 4 is 50.6 Å². The molecular weight excluding hydrogens is 532 g/mol. The van der Waals surface area contributed by atoms with Crippen LogP contribution in [-0.2, 0) is 11.3 Å². The molecule has 1 N–H and O–H groups in total. The molecule has 0 saturated heterocycles. The highest BCUT2D eigenvalue weighted by molar-refractivity contribution is 9.10. The van der Waals surface area contributed by atoms with E-state index in [1.165, 1.54) is 36.2 Å². The van der Waals surface area contributed by atoms with E-state index in [9.17, 15) is 9.59 Å². The molecule has 2 saturated carbocycles. The summed E-state index contributed by atoms with van der Waals surface area (Å²) in [6.45, 7) is 0.0282. The number of methoxy groups -OCH3 is 1. The zero-order valence-corrected chi connectivity index (χ0v) is 21.9. The highest BCUT2D eigenvalue weighted by atomic mass is 79.9. The van der Waals surface area contributed by atoms with E-state index in [1.54, 1.807) is 23.8 Å². The number of carbonyl (C=O) groups is 1. The van der Waals surface area contributed by atoms with Crippen LogP contribution >= 0.6 is 39.0 Å². The van der Waals surface area contributed by atoms with Gasteiger partial charge < -0.3 is 10.1 Å². The van der Waals surface area contributed by atoms with Crippen molar-refractivity contribution in [2.45, 2.75) is 42.0 Å². The molecule has 2 fully saturated rings. The predicted molar refractivity (Wildman–Crippen MR) is 140 cm³/mol. The quantitative estimate of drug-likeness (QED) is 0.420. The van der Waals surface area contributed by atoms with Crippen LogP contribution in [0.3, 0.4) is 0 Å². The molecule has 6 rings (SSSR count).